The Morgan fingerprint density at radius 3 is 2.64 bits per heavy atom. The van der Waals surface area contributed by atoms with E-state index in [0.29, 0.717) is 13.0 Å². The van der Waals surface area contributed by atoms with Crippen molar-refractivity contribution in [1.29, 1.82) is 0 Å². The molecule has 0 aromatic rings. The molecule has 0 radical (unpaired) electrons. The molecule has 0 aliphatic carbocycles. The lowest BCUT2D eigenvalue weighted by atomic mass is 10.2. The minimum absolute atomic E-state index is 0.0463. The summed E-state index contributed by atoms with van der Waals surface area (Å²) in [6.45, 7) is 0.496. The minimum atomic E-state index is -2.94. The second-order valence-electron chi connectivity index (χ2n) is 2.73. The van der Waals surface area contributed by atoms with Crippen molar-refractivity contribution in [1.82, 2.24) is 4.31 Å². The van der Waals surface area contributed by atoms with Crippen LogP contribution in [-0.2, 0) is 14.8 Å². The maximum Gasteiger partial charge on any atom is 0.214 e. The summed E-state index contributed by atoms with van der Waals surface area (Å²) in [6.07, 6.45) is 0.687. The van der Waals surface area contributed by atoms with Gasteiger partial charge in [0.15, 0.2) is 0 Å². The van der Waals surface area contributed by atoms with E-state index >= 15 is 0 Å². The van der Waals surface area contributed by atoms with Crippen LogP contribution in [0.15, 0.2) is 0 Å². The lowest BCUT2D eigenvalue weighted by Crippen LogP contribution is -2.32. The Bertz CT molecular complexity index is 224. The molecule has 5 heteroatoms. The van der Waals surface area contributed by atoms with Crippen molar-refractivity contribution in [2.45, 2.75) is 12.5 Å². The first-order valence-corrected chi connectivity index (χ1v) is 5.13. The molecule has 1 heterocycles. The van der Waals surface area contributed by atoms with Gasteiger partial charge in [0.25, 0.3) is 0 Å². The van der Waals surface area contributed by atoms with E-state index in [0.717, 1.165) is 0 Å². The molecule has 0 aromatic heterocycles. The van der Waals surface area contributed by atoms with Crippen LogP contribution in [0.5, 0.6) is 0 Å². The van der Waals surface area contributed by atoms with E-state index in [2.05, 4.69) is 0 Å². The molecule has 0 bridgehead atoms. The average Bonchev–Trinajstić information content (AvgIpc) is 2.17. The summed E-state index contributed by atoms with van der Waals surface area (Å²) < 4.78 is 28.5. The molecule has 11 heavy (non-hydrogen) atoms. The van der Waals surface area contributed by atoms with Crippen LogP contribution in [0.25, 0.3) is 0 Å². The van der Waals surface area contributed by atoms with E-state index < -0.39 is 10.0 Å². The lowest BCUT2D eigenvalue weighted by Gasteiger charge is -2.16. The standard InChI is InChI=1S/C6H13NO3S/c1-7-6(5-10-2)3-4-11(7,8)9/h6H,3-5H2,1-2H3. The normalized spacial score (nSPS) is 30.9. The fourth-order valence-electron chi connectivity index (χ4n) is 1.22. The van der Waals surface area contributed by atoms with Crippen LogP contribution in [-0.4, -0.2) is 45.3 Å². The van der Waals surface area contributed by atoms with Crippen molar-refractivity contribution in [3.05, 3.63) is 0 Å². The third-order valence-electron chi connectivity index (χ3n) is 2.02. The molecule has 0 aromatic carbocycles. The third-order valence-corrected chi connectivity index (χ3v) is 3.95. The molecule has 66 valence electrons. The molecule has 0 spiro atoms. The molecule has 1 fully saturated rings. The number of nitrogens with zero attached hydrogens (tertiary/aromatic N) is 1. The quantitative estimate of drug-likeness (QED) is 0.583. The van der Waals surface area contributed by atoms with Gasteiger partial charge in [-0.1, -0.05) is 0 Å². The topological polar surface area (TPSA) is 46.6 Å². The van der Waals surface area contributed by atoms with Gasteiger partial charge in [0.1, 0.15) is 0 Å². The molecule has 4 nitrogen and oxygen atoms in total. The number of likely N-dealkylation sites (N-methyl/N-ethyl adjacent to an activating group) is 1. The van der Waals surface area contributed by atoms with Gasteiger partial charge in [-0.2, -0.15) is 4.31 Å². The first kappa shape index (κ1) is 8.96. The van der Waals surface area contributed by atoms with Gasteiger partial charge in [-0.25, -0.2) is 8.42 Å². The van der Waals surface area contributed by atoms with Gasteiger partial charge < -0.3 is 4.74 Å². The molecular weight excluding hydrogens is 166 g/mol. The maximum atomic E-state index is 11.1. The summed E-state index contributed by atoms with van der Waals surface area (Å²) in [5.74, 6) is 0.261. The van der Waals surface area contributed by atoms with E-state index in [9.17, 15) is 8.42 Å². The zero-order valence-corrected chi connectivity index (χ0v) is 7.60. The van der Waals surface area contributed by atoms with Crippen molar-refractivity contribution in [3.63, 3.8) is 0 Å². The molecule has 1 unspecified atom stereocenters. The summed E-state index contributed by atoms with van der Waals surface area (Å²) in [5.41, 5.74) is 0. The van der Waals surface area contributed by atoms with Crippen molar-refractivity contribution in [2.24, 2.45) is 0 Å². The predicted octanol–water partition coefficient (Wildman–Crippen LogP) is -0.333. The van der Waals surface area contributed by atoms with Gasteiger partial charge >= 0.3 is 0 Å². The minimum Gasteiger partial charge on any atom is -0.383 e. The fraction of sp³-hybridized carbons (Fsp3) is 1.00. The van der Waals surface area contributed by atoms with Gasteiger partial charge in [0, 0.05) is 20.2 Å². The average molecular weight is 179 g/mol. The Balaban J connectivity index is 2.64. The van der Waals surface area contributed by atoms with Crippen LogP contribution in [0.1, 0.15) is 6.42 Å². The Labute approximate surface area is 67.2 Å². The van der Waals surface area contributed by atoms with E-state index in [1.165, 1.54) is 4.31 Å². The summed E-state index contributed by atoms with van der Waals surface area (Å²) in [6, 6.07) is 0.0463. The largest absolute Gasteiger partial charge is 0.383 e. The Morgan fingerprint density at radius 2 is 2.27 bits per heavy atom. The van der Waals surface area contributed by atoms with Gasteiger partial charge in [0.05, 0.1) is 12.4 Å². The first-order chi connectivity index (χ1) is 5.08. The lowest BCUT2D eigenvalue weighted by molar-refractivity contribution is 0.147. The molecule has 0 amide bonds. The SMILES string of the molecule is COCC1CCS(=O)(=O)N1C. The zero-order chi connectivity index (χ0) is 8.48. The molecule has 1 rings (SSSR count). The molecule has 1 aliphatic heterocycles. The summed E-state index contributed by atoms with van der Waals surface area (Å²) in [4.78, 5) is 0. The van der Waals surface area contributed by atoms with Crippen molar-refractivity contribution < 1.29 is 13.2 Å². The summed E-state index contributed by atoms with van der Waals surface area (Å²) >= 11 is 0. The van der Waals surface area contributed by atoms with Crippen LogP contribution >= 0.6 is 0 Å². The number of hydrogen-bond acceptors (Lipinski definition) is 3. The van der Waals surface area contributed by atoms with Gasteiger partial charge in [-0.3, -0.25) is 0 Å². The van der Waals surface area contributed by atoms with Crippen molar-refractivity contribution >= 4 is 10.0 Å². The molecule has 1 saturated heterocycles. The third kappa shape index (κ3) is 1.72. The Hall–Kier alpha value is -0.130. The van der Waals surface area contributed by atoms with Crippen LogP contribution in [0.4, 0.5) is 0 Å². The number of rotatable bonds is 2. The van der Waals surface area contributed by atoms with Crippen molar-refractivity contribution in [3.8, 4) is 0 Å². The van der Waals surface area contributed by atoms with Crippen molar-refractivity contribution in [2.75, 3.05) is 26.5 Å². The predicted molar refractivity (Wildman–Crippen MR) is 41.8 cm³/mol. The van der Waals surface area contributed by atoms with E-state index in [-0.39, 0.29) is 11.8 Å². The number of ether oxygens (including phenoxy) is 1. The van der Waals surface area contributed by atoms with Gasteiger partial charge in [-0.15, -0.1) is 0 Å². The second-order valence-corrected chi connectivity index (χ2v) is 4.88. The molecule has 0 saturated carbocycles. The van der Waals surface area contributed by atoms with Crippen LogP contribution < -0.4 is 0 Å². The summed E-state index contributed by atoms with van der Waals surface area (Å²) in [7, 11) is 0.242. The number of methoxy groups -OCH3 is 1. The van der Waals surface area contributed by atoms with E-state index in [1.807, 2.05) is 0 Å². The van der Waals surface area contributed by atoms with Gasteiger partial charge in [0.2, 0.25) is 10.0 Å². The van der Waals surface area contributed by atoms with Crippen LogP contribution in [0, 0.1) is 0 Å². The van der Waals surface area contributed by atoms with Crippen LogP contribution in [0.3, 0.4) is 0 Å². The highest BCUT2D eigenvalue weighted by atomic mass is 32.2. The highest BCUT2D eigenvalue weighted by molar-refractivity contribution is 7.89. The molecule has 1 atom stereocenters. The maximum absolute atomic E-state index is 11.1. The molecule has 0 N–H and O–H groups in total. The number of sulfonamides is 1. The number of hydrogen-bond donors (Lipinski definition) is 0. The first-order valence-electron chi connectivity index (χ1n) is 3.52. The Kier molecular flexibility index (Phi) is 2.51. The fourth-order valence-corrected chi connectivity index (χ4v) is 2.70. The van der Waals surface area contributed by atoms with Crippen LogP contribution in [0.2, 0.25) is 0 Å². The zero-order valence-electron chi connectivity index (χ0n) is 6.78. The smallest absolute Gasteiger partial charge is 0.214 e. The van der Waals surface area contributed by atoms with E-state index in [1.54, 1.807) is 14.2 Å². The monoisotopic (exact) mass is 179 g/mol. The second kappa shape index (κ2) is 3.08. The Morgan fingerprint density at radius 1 is 1.64 bits per heavy atom. The van der Waals surface area contributed by atoms with E-state index in [4.69, 9.17) is 4.74 Å². The molecular formula is C6H13NO3S. The highest BCUT2D eigenvalue weighted by Gasteiger charge is 2.33. The van der Waals surface area contributed by atoms with Gasteiger partial charge in [-0.05, 0) is 6.42 Å². The highest BCUT2D eigenvalue weighted by Crippen LogP contribution is 2.18. The summed E-state index contributed by atoms with van der Waals surface area (Å²) in [5, 5.41) is 0. The molecule has 1 aliphatic rings.